The van der Waals surface area contributed by atoms with Crippen molar-refractivity contribution in [3.8, 4) is 5.75 Å². The fourth-order valence-electron chi connectivity index (χ4n) is 2.72. The highest BCUT2D eigenvalue weighted by molar-refractivity contribution is 7.98. The largest absolute Gasteiger partial charge is 0.496 e. The zero-order valence-corrected chi connectivity index (χ0v) is 18.4. The number of carbonyl (C=O) groups excluding carboxylic acids is 1. The molecule has 2 aromatic carbocycles. The Morgan fingerprint density at radius 1 is 1.19 bits per heavy atom. The van der Waals surface area contributed by atoms with Crippen LogP contribution >= 0.6 is 35.0 Å². The van der Waals surface area contributed by atoms with Gasteiger partial charge in [-0.15, -0.1) is 0 Å². The molecule has 1 N–H and O–H groups in total. The Bertz CT molecular complexity index is 809. The second-order valence-corrected chi connectivity index (χ2v) is 8.54. The molecule has 0 saturated carbocycles. The fraction of sp³-hybridized carbons (Fsp3) is 0.381. The number of hydrogen-bond acceptors (Lipinski definition) is 3. The molecule has 1 amide bonds. The second kappa shape index (κ2) is 10.3. The Hall–Kier alpha value is -1.36. The van der Waals surface area contributed by atoms with Crippen molar-refractivity contribution in [2.45, 2.75) is 32.4 Å². The third-order valence-corrected chi connectivity index (χ3v) is 6.00. The number of aryl methyl sites for hydroxylation is 1. The number of carbonyl (C=O) groups is 1. The van der Waals surface area contributed by atoms with Gasteiger partial charge in [0.1, 0.15) is 5.75 Å². The van der Waals surface area contributed by atoms with Crippen LogP contribution in [0.2, 0.25) is 10.0 Å². The first-order valence-electron chi connectivity index (χ1n) is 8.82. The molecule has 0 aromatic heterocycles. The summed E-state index contributed by atoms with van der Waals surface area (Å²) in [5.41, 5.74) is 3.78. The van der Waals surface area contributed by atoms with Crippen molar-refractivity contribution in [2.24, 2.45) is 0 Å². The third-order valence-electron chi connectivity index (χ3n) is 4.23. The van der Waals surface area contributed by atoms with Gasteiger partial charge in [0.25, 0.3) is 5.91 Å². The molecule has 27 heavy (non-hydrogen) atoms. The molecule has 3 nitrogen and oxygen atoms in total. The second-order valence-electron chi connectivity index (χ2n) is 6.62. The molecule has 0 spiro atoms. The van der Waals surface area contributed by atoms with E-state index in [-0.39, 0.29) is 11.8 Å². The van der Waals surface area contributed by atoms with E-state index >= 15 is 0 Å². The van der Waals surface area contributed by atoms with E-state index in [0.29, 0.717) is 22.2 Å². The van der Waals surface area contributed by atoms with Crippen LogP contribution in [0.15, 0.2) is 30.3 Å². The van der Waals surface area contributed by atoms with E-state index in [1.165, 1.54) is 0 Å². The molecule has 6 heteroatoms. The summed E-state index contributed by atoms with van der Waals surface area (Å²) < 4.78 is 5.44. The lowest BCUT2D eigenvalue weighted by atomic mass is 9.96. The van der Waals surface area contributed by atoms with Gasteiger partial charge in [0.05, 0.1) is 17.2 Å². The number of methoxy groups -OCH3 is 1. The van der Waals surface area contributed by atoms with Crippen LogP contribution in [0.1, 0.15) is 46.8 Å². The van der Waals surface area contributed by atoms with Crippen molar-refractivity contribution in [1.82, 2.24) is 5.32 Å². The van der Waals surface area contributed by atoms with Crippen LogP contribution in [0, 0.1) is 6.92 Å². The molecule has 0 aliphatic heterocycles. The molecule has 0 aliphatic carbocycles. The topological polar surface area (TPSA) is 38.3 Å². The van der Waals surface area contributed by atoms with Crippen LogP contribution in [0.5, 0.6) is 5.75 Å². The van der Waals surface area contributed by atoms with Crippen molar-refractivity contribution in [1.29, 1.82) is 0 Å². The Morgan fingerprint density at radius 3 is 2.56 bits per heavy atom. The Labute approximate surface area is 175 Å². The Kier molecular flexibility index (Phi) is 8.33. The molecule has 146 valence electrons. The van der Waals surface area contributed by atoms with Crippen LogP contribution in [0.25, 0.3) is 0 Å². The summed E-state index contributed by atoms with van der Waals surface area (Å²) >= 11 is 13.7. The lowest BCUT2D eigenvalue weighted by molar-refractivity contribution is 0.0955. The molecular weight excluding hydrogens is 401 g/mol. The van der Waals surface area contributed by atoms with E-state index in [2.05, 4.69) is 19.2 Å². The zero-order chi connectivity index (χ0) is 20.0. The molecule has 2 aromatic rings. The standard InChI is InChI=1S/C21H25Cl2NO2S/c1-13(2)16-11-17(14(3)9-20(16)26-4)21(25)24-7-8-27-12-15-5-6-18(22)19(23)10-15/h5-6,9-11,13H,7-8,12H2,1-4H3,(H,24,25). The van der Waals surface area contributed by atoms with E-state index in [4.69, 9.17) is 27.9 Å². The van der Waals surface area contributed by atoms with E-state index in [9.17, 15) is 4.79 Å². The van der Waals surface area contributed by atoms with Crippen molar-refractivity contribution in [3.05, 3.63) is 62.6 Å². The van der Waals surface area contributed by atoms with Crippen LogP contribution in [0.4, 0.5) is 0 Å². The first kappa shape index (κ1) is 21.9. The average molecular weight is 426 g/mol. The Morgan fingerprint density at radius 2 is 1.93 bits per heavy atom. The molecule has 0 saturated heterocycles. The number of thioether (sulfide) groups is 1. The maximum Gasteiger partial charge on any atom is 0.251 e. The summed E-state index contributed by atoms with van der Waals surface area (Å²) in [6.45, 7) is 6.72. The van der Waals surface area contributed by atoms with Gasteiger partial charge in [-0.25, -0.2) is 0 Å². The van der Waals surface area contributed by atoms with Gasteiger partial charge in [-0.05, 0) is 53.8 Å². The minimum absolute atomic E-state index is 0.0489. The molecule has 0 bridgehead atoms. The minimum Gasteiger partial charge on any atom is -0.496 e. The number of benzene rings is 2. The molecule has 0 aliphatic rings. The van der Waals surface area contributed by atoms with Gasteiger partial charge < -0.3 is 10.1 Å². The maximum atomic E-state index is 12.6. The maximum absolute atomic E-state index is 12.6. The quantitative estimate of drug-likeness (QED) is 0.519. The van der Waals surface area contributed by atoms with Gasteiger partial charge in [0, 0.05) is 23.6 Å². The third kappa shape index (κ3) is 6.06. The molecule has 0 heterocycles. The minimum atomic E-state index is -0.0489. The first-order valence-corrected chi connectivity index (χ1v) is 10.7. The Balaban J connectivity index is 1.88. The highest BCUT2D eigenvalue weighted by Crippen LogP contribution is 2.29. The normalized spacial score (nSPS) is 10.9. The summed E-state index contributed by atoms with van der Waals surface area (Å²) in [7, 11) is 1.66. The molecule has 0 unspecified atom stereocenters. The summed E-state index contributed by atoms with van der Waals surface area (Å²) in [4.78, 5) is 12.6. The number of ether oxygens (including phenoxy) is 1. The van der Waals surface area contributed by atoms with Crippen LogP contribution in [-0.2, 0) is 5.75 Å². The van der Waals surface area contributed by atoms with Crippen molar-refractivity contribution in [2.75, 3.05) is 19.4 Å². The SMILES string of the molecule is COc1cc(C)c(C(=O)NCCSCc2ccc(Cl)c(Cl)c2)cc1C(C)C. The van der Waals surface area contributed by atoms with Gasteiger partial charge in [-0.1, -0.05) is 43.1 Å². The van der Waals surface area contributed by atoms with Crippen molar-refractivity contribution >= 4 is 40.9 Å². The molecule has 2 rings (SSSR count). The van der Waals surface area contributed by atoms with Crippen molar-refractivity contribution in [3.63, 3.8) is 0 Å². The number of nitrogens with one attached hydrogen (secondary N) is 1. The predicted molar refractivity (Wildman–Crippen MR) is 117 cm³/mol. The van der Waals surface area contributed by atoms with Crippen LogP contribution < -0.4 is 10.1 Å². The summed E-state index contributed by atoms with van der Waals surface area (Å²) in [5.74, 6) is 2.71. The van der Waals surface area contributed by atoms with Gasteiger partial charge in [0.2, 0.25) is 0 Å². The molecule has 0 radical (unpaired) electrons. The average Bonchev–Trinajstić information content (AvgIpc) is 2.63. The summed E-state index contributed by atoms with van der Waals surface area (Å²) in [5, 5.41) is 4.13. The monoisotopic (exact) mass is 425 g/mol. The van der Waals surface area contributed by atoms with E-state index < -0.39 is 0 Å². The fourth-order valence-corrected chi connectivity index (χ4v) is 3.85. The predicted octanol–water partition coefficient (Wildman–Crippen LogP) is 6.10. The van der Waals surface area contributed by atoms with Gasteiger partial charge >= 0.3 is 0 Å². The molecule has 0 fully saturated rings. The lowest BCUT2D eigenvalue weighted by Gasteiger charge is -2.16. The number of rotatable bonds is 8. The van der Waals surface area contributed by atoms with Crippen LogP contribution in [0.3, 0.4) is 0 Å². The van der Waals surface area contributed by atoms with Gasteiger partial charge in [-0.2, -0.15) is 11.8 Å². The van der Waals surface area contributed by atoms with E-state index in [0.717, 1.165) is 33.9 Å². The van der Waals surface area contributed by atoms with Gasteiger partial charge in [-0.3, -0.25) is 4.79 Å². The smallest absolute Gasteiger partial charge is 0.251 e. The molecule has 0 atom stereocenters. The van der Waals surface area contributed by atoms with Crippen LogP contribution in [-0.4, -0.2) is 25.3 Å². The van der Waals surface area contributed by atoms with Crippen molar-refractivity contribution < 1.29 is 9.53 Å². The van der Waals surface area contributed by atoms with Gasteiger partial charge in [0.15, 0.2) is 0 Å². The highest BCUT2D eigenvalue weighted by Gasteiger charge is 2.15. The van der Waals surface area contributed by atoms with E-state index in [1.54, 1.807) is 24.9 Å². The summed E-state index contributed by atoms with van der Waals surface area (Å²) in [6.07, 6.45) is 0. The number of hydrogen-bond donors (Lipinski definition) is 1. The van der Waals surface area contributed by atoms with E-state index in [1.807, 2.05) is 31.2 Å². The zero-order valence-electron chi connectivity index (χ0n) is 16.1. The summed E-state index contributed by atoms with van der Waals surface area (Å²) in [6, 6.07) is 9.53. The first-order chi connectivity index (χ1) is 12.8. The lowest BCUT2D eigenvalue weighted by Crippen LogP contribution is -2.26. The number of halogens is 2. The molecular formula is C21H25Cl2NO2S. The highest BCUT2D eigenvalue weighted by atomic mass is 35.5. The number of amides is 1.